The Labute approximate surface area is 217 Å². The third-order valence-electron chi connectivity index (χ3n) is 7.13. The van der Waals surface area contributed by atoms with Gasteiger partial charge in [-0.25, -0.2) is 4.68 Å². The number of benzene rings is 1. The summed E-state index contributed by atoms with van der Waals surface area (Å²) in [5.41, 5.74) is 11.3. The zero-order valence-corrected chi connectivity index (χ0v) is 22.4. The van der Waals surface area contributed by atoms with Crippen LogP contribution in [0.25, 0.3) is 11.3 Å². The topological polar surface area (TPSA) is 64.1 Å². The lowest BCUT2D eigenvalue weighted by atomic mass is 9.93. The van der Waals surface area contributed by atoms with E-state index in [9.17, 15) is 5.11 Å². The first kappa shape index (κ1) is 27.7. The van der Waals surface area contributed by atoms with Gasteiger partial charge in [-0.3, -0.25) is 0 Å². The van der Waals surface area contributed by atoms with Crippen LogP contribution in [-0.4, -0.2) is 21.0 Å². The van der Waals surface area contributed by atoms with Crippen LogP contribution >= 0.6 is 11.6 Å². The number of unbranched alkanes of at least 4 members (excludes halogenated alkanes) is 1. The normalized spacial score (nSPS) is 18.4. The summed E-state index contributed by atoms with van der Waals surface area (Å²) in [6, 6.07) is 10.2. The van der Waals surface area contributed by atoms with Crippen molar-refractivity contribution in [3.8, 4) is 11.3 Å². The van der Waals surface area contributed by atoms with Gasteiger partial charge in [0.2, 0.25) is 0 Å². The van der Waals surface area contributed by atoms with Crippen LogP contribution in [-0.2, 0) is 0 Å². The minimum Gasteiger partial charge on any atom is -0.393 e. The molecule has 5 heteroatoms. The van der Waals surface area contributed by atoms with Gasteiger partial charge in [-0.15, -0.1) is 0 Å². The fourth-order valence-corrected chi connectivity index (χ4v) is 5.07. The van der Waals surface area contributed by atoms with Gasteiger partial charge in [0.1, 0.15) is 0 Å². The van der Waals surface area contributed by atoms with E-state index < -0.39 is 0 Å². The van der Waals surface area contributed by atoms with E-state index in [0.29, 0.717) is 5.92 Å². The van der Waals surface area contributed by atoms with Gasteiger partial charge in [-0.1, -0.05) is 67.8 Å². The maximum atomic E-state index is 9.80. The number of nitrogens with zero attached hydrogens (tertiary/aromatic N) is 2. The van der Waals surface area contributed by atoms with Crippen LogP contribution < -0.4 is 5.73 Å². The van der Waals surface area contributed by atoms with Crippen LogP contribution in [0.1, 0.15) is 109 Å². The highest BCUT2D eigenvalue weighted by Gasteiger charge is 2.20. The van der Waals surface area contributed by atoms with Crippen LogP contribution in [0.2, 0.25) is 5.02 Å². The second-order valence-electron chi connectivity index (χ2n) is 9.94. The molecule has 1 aliphatic carbocycles. The molecule has 2 aromatic rings. The monoisotopic (exact) mass is 497 g/mol. The number of aliphatic hydroxyl groups excluding tert-OH is 1. The summed E-state index contributed by atoms with van der Waals surface area (Å²) in [5.74, 6) is 0.434. The summed E-state index contributed by atoms with van der Waals surface area (Å²) in [7, 11) is 0. The standard InChI is InChI=1S/C30H44ClN3O/c1-3-11-24(14-9-7-5-6-8-12-23-13-10-15-27(35)21-16-23)28-22-29(34(33-28)30(32)4-2)25-17-19-26(31)20-18-25/h5,7,13,17-20,22,24,27,30,35H,3-4,6,8-12,14-16,21,32H2,1-2H3/b7-5+/t24?,27?,30-/m1/s1. The largest absolute Gasteiger partial charge is 0.393 e. The van der Waals surface area contributed by atoms with E-state index in [1.54, 1.807) is 0 Å². The summed E-state index contributed by atoms with van der Waals surface area (Å²) < 4.78 is 2.00. The van der Waals surface area contributed by atoms with E-state index in [4.69, 9.17) is 22.4 Å². The number of hydrogen-bond acceptors (Lipinski definition) is 3. The molecule has 0 radical (unpaired) electrons. The summed E-state index contributed by atoms with van der Waals surface area (Å²) >= 11 is 6.11. The van der Waals surface area contributed by atoms with Gasteiger partial charge in [-0.2, -0.15) is 5.10 Å². The first-order valence-electron chi connectivity index (χ1n) is 13.6. The number of aromatic nitrogens is 2. The van der Waals surface area contributed by atoms with Crippen molar-refractivity contribution in [1.29, 1.82) is 0 Å². The van der Waals surface area contributed by atoms with Crippen molar-refractivity contribution in [2.75, 3.05) is 0 Å². The van der Waals surface area contributed by atoms with Crippen molar-refractivity contribution < 1.29 is 5.11 Å². The fourth-order valence-electron chi connectivity index (χ4n) is 4.95. The molecule has 1 heterocycles. The third kappa shape index (κ3) is 8.63. The van der Waals surface area contributed by atoms with Gasteiger partial charge >= 0.3 is 0 Å². The van der Waals surface area contributed by atoms with E-state index >= 15 is 0 Å². The maximum absolute atomic E-state index is 9.80. The summed E-state index contributed by atoms with van der Waals surface area (Å²) in [6.45, 7) is 4.35. The molecule has 0 saturated carbocycles. The van der Waals surface area contributed by atoms with E-state index in [-0.39, 0.29) is 12.3 Å². The van der Waals surface area contributed by atoms with Crippen molar-refractivity contribution in [1.82, 2.24) is 9.78 Å². The second-order valence-corrected chi connectivity index (χ2v) is 10.4. The molecule has 2 unspecified atom stereocenters. The SMILES string of the molecule is CCCC(CC/C=C/CCCC1=CCCC(O)CC1)c1cc(-c2ccc(Cl)cc2)n([C@@H](N)CC)n1. The lowest BCUT2D eigenvalue weighted by molar-refractivity contribution is 0.158. The van der Waals surface area contributed by atoms with Gasteiger partial charge in [-0.05, 0) is 94.4 Å². The predicted molar refractivity (Wildman–Crippen MR) is 149 cm³/mol. The highest BCUT2D eigenvalue weighted by molar-refractivity contribution is 6.30. The maximum Gasteiger partial charge on any atom is 0.0993 e. The highest BCUT2D eigenvalue weighted by Crippen LogP contribution is 2.32. The lowest BCUT2D eigenvalue weighted by Crippen LogP contribution is -2.20. The van der Waals surface area contributed by atoms with Gasteiger partial charge < -0.3 is 10.8 Å². The fraction of sp³-hybridized carbons (Fsp3) is 0.567. The molecule has 3 atom stereocenters. The van der Waals surface area contributed by atoms with Gasteiger partial charge in [0.05, 0.1) is 23.7 Å². The van der Waals surface area contributed by atoms with E-state index in [0.717, 1.165) is 92.6 Å². The van der Waals surface area contributed by atoms with E-state index in [2.05, 4.69) is 38.1 Å². The van der Waals surface area contributed by atoms with Crippen molar-refractivity contribution in [2.24, 2.45) is 5.73 Å². The Balaban J connectivity index is 1.56. The molecule has 0 aliphatic heterocycles. The molecule has 1 aromatic heterocycles. The lowest BCUT2D eigenvalue weighted by Gasteiger charge is -2.15. The molecule has 4 nitrogen and oxygen atoms in total. The summed E-state index contributed by atoms with van der Waals surface area (Å²) in [5, 5.41) is 15.5. The molecule has 0 spiro atoms. The summed E-state index contributed by atoms with van der Waals surface area (Å²) in [4.78, 5) is 0. The molecule has 0 amide bonds. The Kier molecular flexibility index (Phi) is 11.6. The van der Waals surface area contributed by atoms with Gasteiger partial charge in [0, 0.05) is 10.9 Å². The zero-order chi connectivity index (χ0) is 25.0. The Morgan fingerprint density at radius 1 is 1.14 bits per heavy atom. The molecule has 0 fully saturated rings. The van der Waals surface area contributed by atoms with Crippen LogP contribution in [0.4, 0.5) is 0 Å². The van der Waals surface area contributed by atoms with Gasteiger partial charge in [0.25, 0.3) is 0 Å². The van der Waals surface area contributed by atoms with Crippen LogP contribution in [0, 0.1) is 0 Å². The number of hydrogen-bond donors (Lipinski definition) is 2. The smallest absolute Gasteiger partial charge is 0.0993 e. The Hall–Kier alpha value is -1.88. The van der Waals surface area contributed by atoms with Crippen LogP contribution in [0.5, 0.6) is 0 Å². The number of halogens is 1. The number of rotatable bonds is 13. The molecule has 0 bridgehead atoms. The van der Waals surface area contributed by atoms with Gasteiger partial charge in [0.15, 0.2) is 0 Å². The van der Waals surface area contributed by atoms with Crippen molar-refractivity contribution in [3.05, 3.63) is 64.8 Å². The molecule has 1 aromatic carbocycles. The highest BCUT2D eigenvalue weighted by atomic mass is 35.5. The molecule has 0 saturated heterocycles. The van der Waals surface area contributed by atoms with Crippen molar-refractivity contribution >= 4 is 11.6 Å². The molecular formula is C30H44ClN3O. The average Bonchev–Trinajstić information content (AvgIpc) is 3.20. The van der Waals surface area contributed by atoms with E-state index in [1.165, 1.54) is 12.0 Å². The Morgan fingerprint density at radius 2 is 1.91 bits per heavy atom. The first-order chi connectivity index (χ1) is 17.0. The number of nitrogens with two attached hydrogens (primary N) is 1. The van der Waals surface area contributed by atoms with Crippen molar-refractivity contribution in [2.45, 2.75) is 109 Å². The third-order valence-corrected chi connectivity index (χ3v) is 7.38. The van der Waals surface area contributed by atoms with Crippen LogP contribution in [0.3, 0.4) is 0 Å². The molecule has 35 heavy (non-hydrogen) atoms. The van der Waals surface area contributed by atoms with Crippen LogP contribution in [0.15, 0.2) is 54.1 Å². The quantitative estimate of drug-likeness (QED) is 0.216. The Bertz CT molecular complexity index is 947. The Morgan fingerprint density at radius 3 is 2.66 bits per heavy atom. The van der Waals surface area contributed by atoms with E-state index in [1.807, 2.05) is 28.9 Å². The molecular weight excluding hydrogens is 454 g/mol. The number of allylic oxidation sites excluding steroid dienone is 4. The number of aliphatic hydroxyl groups is 1. The minimum absolute atomic E-state index is 0.105. The van der Waals surface area contributed by atoms with Crippen molar-refractivity contribution in [3.63, 3.8) is 0 Å². The molecule has 1 aliphatic rings. The minimum atomic E-state index is -0.136. The molecule has 192 valence electrons. The zero-order valence-electron chi connectivity index (χ0n) is 21.6. The average molecular weight is 498 g/mol. The molecule has 3 rings (SSSR count). The second kappa shape index (κ2) is 14.6. The summed E-state index contributed by atoms with van der Waals surface area (Å²) in [6.07, 6.45) is 19.5. The first-order valence-corrected chi connectivity index (χ1v) is 14.0. The predicted octanol–water partition coefficient (Wildman–Crippen LogP) is 8.32. The molecule has 3 N–H and O–H groups in total.